The molecule has 1 aromatic carbocycles. The van der Waals surface area contributed by atoms with Gasteiger partial charge in [-0.2, -0.15) is 0 Å². The number of hydrogen-bond acceptors (Lipinski definition) is 3. The van der Waals surface area contributed by atoms with Gasteiger partial charge in [-0.3, -0.25) is 14.4 Å². The predicted molar refractivity (Wildman–Crippen MR) is 80.5 cm³/mol. The maximum atomic E-state index is 11.9. The lowest BCUT2D eigenvalue weighted by atomic mass is 9.96. The first-order valence-electron chi connectivity index (χ1n) is 7.08. The summed E-state index contributed by atoms with van der Waals surface area (Å²) < 4.78 is 0. The van der Waals surface area contributed by atoms with E-state index in [-0.39, 0.29) is 24.7 Å². The molecule has 21 heavy (non-hydrogen) atoms. The zero-order valence-electron chi connectivity index (χ0n) is 12.5. The minimum atomic E-state index is -0.705. The molecule has 0 radical (unpaired) electrons. The van der Waals surface area contributed by atoms with Crippen LogP contribution in [0.5, 0.6) is 0 Å². The van der Waals surface area contributed by atoms with E-state index >= 15 is 0 Å². The lowest BCUT2D eigenvalue weighted by molar-refractivity contribution is -0.130. The van der Waals surface area contributed by atoms with E-state index in [1.165, 1.54) is 5.56 Å². The molecule has 2 amide bonds. The van der Waals surface area contributed by atoms with Gasteiger partial charge in [0.15, 0.2) is 5.78 Å². The van der Waals surface area contributed by atoms with Gasteiger partial charge in [0, 0.05) is 5.92 Å². The molecule has 0 spiro atoms. The molecule has 0 saturated carbocycles. The Kier molecular flexibility index (Phi) is 6.59. The minimum absolute atomic E-state index is 0.0626. The Bertz CT molecular complexity index is 509. The smallest absolute Gasteiger partial charge is 0.229 e. The Balaban J connectivity index is 2.43. The maximum absolute atomic E-state index is 11.9. The van der Waals surface area contributed by atoms with Gasteiger partial charge in [-0.1, -0.05) is 38.1 Å². The number of benzene rings is 1. The molecule has 0 heterocycles. The number of rotatable bonds is 8. The van der Waals surface area contributed by atoms with Gasteiger partial charge in [0.2, 0.25) is 11.8 Å². The number of aryl methyl sites for hydroxylation is 1. The predicted octanol–water partition coefficient (Wildman–Crippen LogP) is 0.988. The van der Waals surface area contributed by atoms with Gasteiger partial charge in [-0.15, -0.1) is 0 Å². The van der Waals surface area contributed by atoms with E-state index in [0.717, 1.165) is 12.0 Å². The van der Waals surface area contributed by atoms with Gasteiger partial charge in [0.1, 0.15) is 6.42 Å². The lowest BCUT2D eigenvalue weighted by Gasteiger charge is -2.11. The second kappa shape index (κ2) is 8.19. The van der Waals surface area contributed by atoms with E-state index < -0.39 is 11.8 Å². The van der Waals surface area contributed by atoms with Crippen molar-refractivity contribution in [3.8, 4) is 0 Å². The fourth-order valence-electron chi connectivity index (χ4n) is 1.96. The van der Waals surface area contributed by atoms with Crippen LogP contribution in [0.3, 0.4) is 0 Å². The summed E-state index contributed by atoms with van der Waals surface area (Å²) in [6.07, 6.45) is 1.23. The summed E-state index contributed by atoms with van der Waals surface area (Å²) in [5.74, 6) is -1.47. The molecule has 0 aliphatic heterocycles. The van der Waals surface area contributed by atoms with Crippen LogP contribution in [0.2, 0.25) is 0 Å². The molecule has 114 valence electrons. The first-order chi connectivity index (χ1) is 9.92. The summed E-state index contributed by atoms with van der Waals surface area (Å²) in [6, 6.07) is 8.16. The van der Waals surface area contributed by atoms with Crippen molar-refractivity contribution < 1.29 is 14.4 Å². The molecule has 0 aliphatic carbocycles. The average Bonchev–Trinajstić information content (AvgIpc) is 2.44. The van der Waals surface area contributed by atoms with Crippen LogP contribution in [0.4, 0.5) is 0 Å². The van der Waals surface area contributed by atoms with E-state index in [1.807, 2.05) is 19.1 Å². The van der Waals surface area contributed by atoms with Crippen molar-refractivity contribution in [2.24, 2.45) is 11.7 Å². The average molecular weight is 290 g/mol. The number of carbonyl (C=O) groups is 3. The number of amides is 2. The largest absolute Gasteiger partial charge is 0.369 e. The molecule has 0 bridgehead atoms. The van der Waals surface area contributed by atoms with Gasteiger partial charge in [-0.05, 0) is 24.0 Å². The highest BCUT2D eigenvalue weighted by molar-refractivity contribution is 5.97. The Morgan fingerprint density at radius 1 is 1.14 bits per heavy atom. The number of nitrogens with two attached hydrogens (primary N) is 1. The standard InChI is InChI=1S/C16H22N2O3/c1-3-12-4-6-13(7-5-12)8-11(2)14(19)10-18-16(21)9-15(17)20/h4-7,11H,3,8-10H2,1-2H3,(H2,17,20)(H,18,21)/t11-/m0/s1. The second-order valence-electron chi connectivity index (χ2n) is 5.16. The molecule has 1 rings (SSSR count). The summed E-state index contributed by atoms with van der Waals surface area (Å²) in [5, 5.41) is 2.41. The number of primary amides is 1. The molecule has 0 fully saturated rings. The summed E-state index contributed by atoms with van der Waals surface area (Å²) in [5.41, 5.74) is 7.26. The van der Waals surface area contributed by atoms with Crippen LogP contribution in [0, 0.1) is 5.92 Å². The summed E-state index contributed by atoms with van der Waals surface area (Å²) in [4.78, 5) is 33.7. The lowest BCUT2D eigenvalue weighted by Crippen LogP contribution is -2.34. The second-order valence-corrected chi connectivity index (χ2v) is 5.16. The third-order valence-corrected chi connectivity index (χ3v) is 3.32. The van der Waals surface area contributed by atoms with Crippen molar-refractivity contribution in [2.75, 3.05) is 6.54 Å². The van der Waals surface area contributed by atoms with Crippen LogP contribution >= 0.6 is 0 Å². The van der Waals surface area contributed by atoms with E-state index in [0.29, 0.717) is 6.42 Å². The maximum Gasteiger partial charge on any atom is 0.229 e. The quantitative estimate of drug-likeness (QED) is 0.700. The fraction of sp³-hybridized carbons (Fsp3) is 0.438. The molecule has 1 aromatic rings. The van der Waals surface area contributed by atoms with E-state index in [1.54, 1.807) is 0 Å². The zero-order chi connectivity index (χ0) is 15.8. The number of carbonyl (C=O) groups excluding carboxylic acids is 3. The van der Waals surface area contributed by atoms with Gasteiger partial charge >= 0.3 is 0 Å². The molecule has 0 aromatic heterocycles. The first-order valence-corrected chi connectivity index (χ1v) is 7.08. The number of hydrogen-bond donors (Lipinski definition) is 2. The van der Waals surface area contributed by atoms with Gasteiger partial charge < -0.3 is 11.1 Å². The van der Waals surface area contributed by atoms with Crippen molar-refractivity contribution in [2.45, 2.75) is 33.1 Å². The van der Waals surface area contributed by atoms with Gasteiger partial charge in [0.25, 0.3) is 0 Å². The summed E-state index contributed by atoms with van der Waals surface area (Å²) in [7, 11) is 0. The highest BCUT2D eigenvalue weighted by atomic mass is 16.2. The highest BCUT2D eigenvalue weighted by Crippen LogP contribution is 2.11. The third-order valence-electron chi connectivity index (χ3n) is 3.32. The molecular weight excluding hydrogens is 268 g/mol. The van der Waals surface area contributed by atoms with E-state index in [9.17, 15) is 14.4 Å². The molecule has 0 unspecified atom stereocenters. The molecule has 0 saturated heterocycles. The Morgan fingerprint density at radius 3 is 2.24 bits per heavy atom. The first kappa shape index (κ1) is 16.9. The van der Waals surface area contributed by atoms with Crippen LogP contribution in [0.15, 0.2) is 24.3 Å². The van der Waals surface area contributed by atoms with Crippen molar-refractivity contribution in [1.82, 2.24) is 5.32 Å². The molecule has 5 nitrogen and oxygen atoms in total. The topological polar surface area (TPSA) is 89.3 Å². The number of nitrogens with one attached hydrogen (secondary N) is 1. The number of ketones is 1. The summed E-state index contributed by atoms with van der Waals surface area (Å²) >= 11 is 0. The SMILES string of the molecule is CCc1ccc(C[C@H](C)C(=O)CNC(=O)CC(N)=O)cc1. The van der Waals surface area contributed by atoms with Crippen LogP contribution in [0.1, 0.15) is 31.4 Å². The van der Waals surface area contributed by atoms with E-state index in [2.05, 4.69) is 24.4 Å². The van der Waals surface area contributed by atoms with Crippen molar-refractivity contribution in [1.29, 1.82) is 0 Å². The molecule has 1 atom stereocenters. The zero-order valence-corrected chi connectivity index (χ0v) is 12.5. The Hall–Kier alpha value is -2.17. The van der Waals surface area contributed by atoms with Gasteiger partial charge in [-0.25, -0.2) is 0 Å². The van der Waals surface area contributed by atoms with Crippen molar-refractivity contribution in [3.05, 3.63) is 35.4 Å². The van der Waals surface area contributed by atoms with Crippen LogP contribution in [0.25, 0.3) is 0 Å². The molecular formula is C16H22N2O3. The monoisotopic (exact) mass is 290 g/mol. The molecule has 0 aliphatic rings. The summed E-state index contributed by atoms with van der Waals surface area (Å²) in [6.45, 7) is 3.85. The Morgan fingerprint density at radius 2 is 1.71 bits per heavy atom. The molecule has 5 heteroatoms. The Labute approximate surface area is 124 Å². The third kappa shape index (κ3) is 6.21. The fourth-order valence-corrected chi connectivity index (χ4v) is 1.96. The van der Waals surface area contributed by atoms with Gasteiger partial charge in [0.05, 0.1) is 6.54 Å². The van der Waals surface area contributed by atoms with Crippen LogP contribution < -0.4 is 11.1 Å². The minimum Gasteiger partial charge on any atom is -0.369 e. The highest BCUT2D eigenvalue weighted by Gasteiger charge is 2.15. The normalized spacial score (nSPS) is 11.7. The van der Waals surface area contributed by atoms with Crippen molar-refractivity contribution >= 4 is 17.6 Å². The van der Waals surface area contributed by atoms with Crippen LogP contribution in [-0.4, -0.2) is 24.1 Å². The van der Waals surface area contributed by atoms with Crippen LogP contribution in [-0.2, 0) is 27.2 Å². The van der Waals surface area contributed by atoms with E-state index in [4.69, 9.17) is 5.73 Å². The van der Waals surface area contributed by atoms with Crippen molar-refractivity contribution in [3.63, 3.8) is 0 Å². The molecule has 3 N–H and O–H groups in total. The number of Topliss-reactive ketones (excluding diaryl/α,β-unsaturated/α-hetero) is 1.